The summed E-state index contributed by atoms with van der Waals surface area (Å²) in [4.78, 5) is 8.91. The number of anilines is 1. The minimum Gasteiger partial charge on any atom is -0.382 e. The van der Waals surface area contributed by atoms with Gasteiger partial charge in [0.1, 0.15) is 17.3 Å². The molecule has 1 fully saturated rings. The molecular weight excluding hydrogens is 238 g/mol. The molecule has 0 unspecified atom stereocenters. The smallest absolute Gasteiger partial charge is 0.141 e. The SMILES string of the molecule is CN(CC1(N(C)C)CCC1)c1cccc(C(=N)N)n1. The monoisotopic (exact) mass is 261 g/mol. The summed E-state index contributed by atoms with van der Waals surface area (Å²) in [5.41, 5.74) is 6.29. The van der Waals surface area contributed by atoms with Gasteiger partial charge in [0.05, 0.1) is 0 Å². The Morgan fingerprint density at radius 2 is 2.05 bits per heavy atom. The third kappa shape index (κ3) is 2.71. The lowest BCUT2D eigenvalue weighted by Crippen LogP contribution is -2.56. The quantitative estimate of drug-likeness (QED) is 0.619. The van der Waals surface area contributed by atoms with Crippen LogP contribution >= 0.6 is 0 Å². The van der Waals surface area contributed by atoms with E-state index in [-0.39, 0.29) is 11.4 Å². The van der Waals surface area contributed by atoms with Gasteiger partial charge < -0.3 is 15.5 Å². The van der Waals surface area contributed by atoms with Crippen molar-refractivity contribution in [1.82, 2.24) is 9.88 Å². The van der Waals surface area contributed by atoms with E-state index in [0.29, 0.717) is 5.69 Å². The Hall–Kier alpha value is -1.62. The van der Waals surface area contributed by atoms with Crippen LogP contribution in [0.25, 0.3) is 0 Å². The van der Waals surface area contributed by atoms with Gasteiger partial charge in [-0.15, -0.1) is 0 Å². The normalized spacial score (nSPS) is 17.1. The van der Waals surface area contributed by atoms with Gasteiger partial charge in [0.25, 0.3) is 0 Å². The number of nitrogens with zero attached hydrogens (tertiary/aromatic N) is 3. The molecule has 0 amide bonds. The summed E-state index contributed by atoms with van der Waals surface area (Å²) >= 11 is 0. The second-order valence-corrected chi connectivity index (χ2v) is 5.62. The summed E-state index contributed by atoms with van der Waals surface area (Å²) in [7, 11) is 6.34. The van der Waals surface area contributed by atoms with Gasteiger partial charge in [-0.3, -0.25) is 5.41 Å². The van der Waals surface area contributed by atoms with Crippen molar-refractivity contribution in [1.29, 1.82) is 5.41 Å². The summed E-state index contributed by atoms with van der Waals surface area (Å²) in [5, 5.41) is 7.46. The number of pyridine rings is 1. The molecule has 1 aromatic heterocycles. The van der Waals surface area contributed by atoms with E-state index < -0.39 is 0 Å². The predicted octanol–water partition coefficient (Wildman–Crippen LogP) is 1.29. The topological polar surface area (TPSA) is 69.2 Å². The summed E-state index contributed by atoms with van der Waals surface area (Å²) in [5.74, 6) is 0.891. The first-order valence-corrected chi connectivity index (χ1v) is 6.65. The molecule has 0 aliphatic heterocycles. The molecule has 0 atom stereocenters. The molecule has 0 aromatic carbocycles. The van der Waals surface area contributed by atoms with E-state index in [9.17, 15) is 0 Å². The number of likely N-dealkylation sites (N-methyl/N-ethyl adjacent to an activating group) is 2. The molecule has 1 aliphatic carbocycles. The van der Waals surface area contributed by atoms with Crippen molar-refractivity contribution in [3.63, 3.8) is 0 Å². The van der Waals surface area contributed by atoms with E-state index in [1.807, 2.05) is 12.1 Å². The Labute approximate surface area is 114 Å². The first-order chi connectivity index (χ1) is 8.94. The molecule has 3 N–H and O–H groups in total. The van der Waals surface area contributed by atoms with Crippen LogP contribution in [0.2, 0.25) is 0 Å². The van der Waals surface area contributed by atoms with Gasteiger partial charge in [-0.25, -0.2) is 4.98 Å². The molecule has 5 heteroatoms. The maximum atomic E-state index is 7.46. The summed E-state index contributed by atoms with van der Waals surface area (Å²) in [6.45, 7) is 0.953. The lowest BCUT2D eigenvalue weighted by atomic mass is 9.75. The minimum atomic E-state index is 0.0150. The number of rotatable bonds is 5. The van der Waals surface area contributed by atoms with Crippen LogP contribution in [0.3, 0.4) is 0 Å². The van der Waals surface area contributed by atoms with Crippen molar-refractivity contribution in [2.45, 2.75) is 24.8 Å². The molecule has 1 aliphatic rings. The second-order valence-electron chi connectivity index (χ2n) is 5.62. The van der Waals surface area contributed by atoms with Crippen LogP contribution in [0.5, 0.6) is 0 Å². The molecule has 0 spiro atoms. The summed E-state index contributed by atoms with van der Waals surface area (Å²) < 4.78 is 0. The summed E-state index contributed by atoms with van der Waals surface area (Å²) in [6, 6.07) is 5.64. The van der Waals surface area contributed by atoms with Crippen molar-refractivity contribution in [2.75, 3.05) is 32.6 Å². The molecule has 1 heterocycles. The maximum absolute atomic E-state index is 7.46. The standard InChI is InChI=1S/C14H23N5/c1-18(2)14(8-5-9-14)10-19(3)12-7-4-6-11(17-12)13(15)16/h4,6-7H,5,8-10H2,1-3H3,(H3,15,16). The van der Waals surface area contributed by atoms with Gasteiger partial charge in [-0.05, 0) is 45.5 Å². The van der Waals surface area contributed by atoms with Crippen molar-refractivity contribution in [3.05, 3.63) is 23.9 Å². The highest BCUT2D eigenvalue weighted by molar-refractivity contribution is 5.93. The number of hydrogen-bond acceptors (Lipinski definition) is 4. The first kappa shape index (κ1) is 13.8. The Kier molecular flexibility index (Phi) is 3.75. The molecule has 2 rings (SSSR count). The number of nitrogen functional groups attached to an aromatic ring is 1. The maximum Gasteiger partial charge on any atom is 0.141 e. The molecular formula is C14H23N5. The minimum absolute atomic E-state index is 0.0150. The number of nitrogens with one attached hydrogen (secondary N) is 1. The highest BCUT2D eigenvalue weighted by Gasteiger charge is 2.40. The largest absolute Gasteiger partial charge is 0.382 e. The number of aromatic nitrogens is 1. The van der Waals surface area contributed by atoms with Gasteiger partial charge in [0, 0.05) is 19.1 Å². The zero-order valence-corrected chi connectivity index (χ0v) is 12.0. The van der Waals surface area contributed by atoms with Crippen molar-refractivity contribution in [3.8, 4) is 0 Å². The van der Waals surface area contributed by atoms with E-state index in [2.05, 4.69) is 35.9 Å². The zero-order chi connectivity index (χ0) is 14.0. The number of amidine groups is 1. The average Bonchev–Trinajstić information content (AvgIpc) is 2.33. The molecule has 0 radical (unpaired) electrons. The van der Waals surface area contributed by atoms with Crippen LogP contribution in [-0.2, 0) is 0 Å². The Bertz CT molecular complexity index is 465. The van der Waals surface area contributed by atoms with Gasteiger partial charge in [0.2, 0.25) is 0 Å². The second kappa shape index (κ2) is 5.17. The lowest BCUT2D eigenvalue weighted by molar-refractivity contribution is 0.0682. The number of hydrogen-bond donors (Lipinski definition) is 2. The van der Waals surface area contributed by atoms with Crippen molar-refractivity contribution >= 4 is 11.7 Å². The first-order valence-electron chi connectivity index (χ1n) is 6.65. The predicted molar refractivity (Wildman–Crippen MR) is 78.8 cm³/mol. The van der Waals surface area contributed by atoms with E-state index in [1.165, 1.54) is 19.3 Å². The van der Waals surface area contributed by atoms with Crippen LogP contribution in [-0.4, -0.2) is 48.9 Å². The Balaban J connectivity index is 2.13. The fourth-order valence-electron chi connectivity index (χ4n) is 2.64. The average molecular weight is 261 g/mol. The fourth-order valence-corrected chi connectivity index (χ4v) is 2.64. The molecule has 19 heavy (non-hydrogen) atoms. The molecule has 0 saturated heterocycles. The van der Waals surface area contributed by atoms with Crippen LogP contribution in [0.1, 0.15) is 25.0 Å². The number of nitrogens with two attached hydrogens (primary N) is 1. The zero-order valence-electron chi connectivity index (χ0n) is 12.0. The fraction of sp³-hybridized carbons (Fsp3) is 0.571. The Morgan fingerprint density at radius 3 is 2.53 bits per heavy atom. The van der Waals surface area contributed by atoms with Crippen LogP contribution < -0.4 is 10.6 Å². The van der Waals surface area contributed by atoms with E-state index in [4.69, 9.17) is 11.1 Å². The van der Waals surface area contributed by atoms with E-state index in [1.54, 1.807) is 6.07 Å². The molecule has 0 bridgehead atoms. The van der Waals surface area contributed by atoms with Gasteiger partial charge in [0.15, 0.2) is 0 Å². The van der Waals surface area contributed by atoms with Crippen molar-refractivity contribution < 1.29 is 0 Å². The highest BCUT2D eigenvalue weighted by atomic mass is 15.2. The molecule has 1 aromatic rings. The third-order valence-electron chi connectivity index (χ3n) is 4.17. The summed E-state index contributed by atoms with van der Waals surface area (Å²) in [6.07, 6.45) is 3.76. The lowest BCUT2D eigenvalue weighted by Gasteiger charge is -2.49. The van der Waals surface area contributed by atoms with Crippen LogP contribution in [0, 0.1) is 5.41 Å². The van der Waals surface area contributed by atoms with Gasteiger partial charge in [-0.1, -0.05) is 6.07 Å². The van der Waals surface area contributed by atoms with Crippen LogP contribution in [0.4, 0.5) is 5.82 Å². The van der Waals surface area contributed by atoms with Gasteiger partial charge >= 0.3 is 0 Å². The molecule has 104 valence electrons. The van der Waals surface area contributed by atoms with Crippen LogP contribution in [0.15, 0.2) is 18.2 Å². The molecule has 1 saturated carbocycles. The van der Waals surface area contributed by atoms with Crippen molar-refractivity contribution in [2.24, 2.45) is 5.73 Å². The molecule has 5 nitrogen and oxygen atoms in total. The highest BCUT2D eigenvalue weighted by Crippen LogP contribution is 2.37. The van der Waals surface area contributed by atoms with E-state index >= 15 is 0 Å². The van der Waals surface area contributed by atoms with E-state index in [0.717, 1.165) is 12.4 Å². The Morgan fingerprint density at radius 1 is 1.37 bits per heavy atom. The third-order valence-corrected chi connectivity index (χ3v) is 4.17. The van der Waals surface area contributed by atoms with Gasteiger partial charge in [-0.2, -0.15) is 0 Å².